The van der Waals surface area contributed by atoms with Crippen molar-refractivity contribution in [2.75, 3.05) is 0 Å². The van der Waals surface area contributed by atoms with E-state index in [9.17, 15) is 4.39 Å². The first-order valence-corrected chi connectivity index (χ1v) is 4.62. The Kier molecular flexibility index (Phi) is 2.27. The van der Waals surface area contributed by atoms with Crippen LogP contribution in [0, 0.1) is 5.82 Å². The van der Waals surface area contributed by atoms with E-state index in [0.29, 0.717) is 6.04 Å². The van der Waals surface area contributed by atoms with Crippen LogP contribution in [0.2, 0.25) is 0 Å². The van der Waals surface area contributed by atoms with Gasteiger partial charge in [0.25, 0.3) is 0 Å². The number of aromatic nitrogens is 1. The zero-order valence-corrected chi connectivity index (χ0v) is 7.63. The van der Waals surface area contributed by atoms with Crippen LogP contribution in [0.4, 0.5) is 4.39 Å². The fourth-order valence-electron chi connectivity index (χ4n) is 1.36. The van der Waals surface area contributed by atoms with Crippen LogP contribution < -0.4 is 5.32 Å². The van der Waals surface area contributed by atoms with Gasteiger partial charge in [0.2, 0.25) is 0 Å². The lowest BCUT2D eigenvalue weighted by molar-refractivity contribution is 0.558. The maximum Gasteiger partial charge on any atom is 0.141 e. The number of nitrogens with zero attached hydrogens (tertiary/aromatic N) is 1. The van der Waals surface area contributed by atoms with Crippen molar-refractivity contribution in [1.82, 2.24) is 10.3 Å². The largest absolute Gasteiger partial charge is 0.307 e. The number of nitrogens with one attached hydrogen (secondary N) is 1. The summed E-state index contributed by atoms with van der Waals surface area (Å²) in [4.78, 5) is 3.82. The lowest BCUT2D eigenvalue weighted by atomic mass is 10.1. The minimum absolute atomic E-state index is 0.204. The van der Waals surface area contributed by atoms with Crippen LogP contribution in [0.5, 0.6) is 0 Å². The molecule has 1 N–H and O–H groups in total. The molecule has 1 atom stereocenters. The van der Waals surface area contributed by atoms with E-state index in [2.05, 4.69) is 10.3 Å². The second-order valence-corrected chi connectivity index (χ2v) is 3.60. The Bertz CT molecular complexity index is 297. The summed E-state index contributed by atoms with van der Waals surface area (Å²) in [5.74, 6) is -0.262. The molecule has 70 valence electrons. The first-order valence-electron chi connectivity index (χ1n) is 4.62. The van der Waals surface area contributed by atoms with Crippen molar-refractivity contribution in [1.29, 1.82) is 0 Å². The summed E-state index contributed by atoms with van der Waals surface area (Å²) in [5.41, 5.74) is 0.923. The van der Waals surface area contributed by atoms with Gasteiger partial charge >= 0.3 is 0 Å². The molecule has 0 radical (unpaired) electrons. The smallest absolute Gasteiger partial charge is 0.141 e. The predicted molar refractivity (Wildman–Crippen MR) is 48.8 cm³/mol. The molecule has 1 aliphatic carbocycles. The van der Waals surface area contributed by atoms with E-state index in [1.807, 2.05) is 6.92 Å². The van der Waals surface area contributed by atoms with Crippen LogP contribution in [0.25, 0.3) is 0 Å². The van der Waals surface area contributed by atoms with Crippen molar-refractivity contribution in [3.63, 3.8) is 0 Å². The van der Waals surface area contributed by atoms with Crippen LogP contribution in [-0.2, 0) is 0 Å². The minimum Gasteiger partial charge on any atom is -0.307 e. The third-order valence-corrected chi connectivity index (χ3v) is 2.29. The van der Waals surface area contributed by atoms with E-state index in [-0.39, 0.29) is 11.9 Å². The van der Waals surface area contributed by atoms with E-state index in [0.717, 1.165) is 5.56 Å². The highest BCUT2D eigenvalue weighted by atomic mass is 19.1. The predicted octanol–water partition coefficient (Wildman–Crippen LogP) is 2.03. The summed E-state index contributed by atoms with van der Waals surface area (Å²) >= 11 is 0. The summed E-state index contributed by atoms with van der Waals surface area (Å²) in [5, 5.41) is 3.39. The van der Waals surface area contributed by atoms with Crippen molar-refractivity contribution in [2.45, 2.75) is 31.8 Å². The van der Waals surface area contributed by atoms with Gasteiger partial charge in [0.05, 0.1) is 6.20 Å². The summed E-state index contributed by atoms with van der Waals surface area (Å²) < 4.78 is 12.8. The van der Waals surface area contributed by atoms with Crippen molar-refractivity contribution in [2.24, 2.45) is 0 Å². The summed E-state index contributed by atoms with van der Waals surface area (Å²) in [6.07, 6.45) is 5.43. The fraction of sp³-hybridized carbons (Fsp3) is 0.500. The van der Waals surface area contributed by atoms with Crippen molar-refractivity contribution in [3.8, 4) is 0 Å². The molecule has 1 heterocycles. The average Bonchev–Trinajstić information content (AvgIpc) is 2.88. The van der Waals surface area contributed by atoms with Gasteiger partial charge in [0, 0.05) is 18.3 Å². The van der Waals surface area contributed by atoms with Gasteiger partial charge in [0.15, 0.2) is 0 Å². The van der Waals surface area contributed by atoms with Gasteiger partial charge in [0.1, 0.15) is 5.82 Å². The SMILES string of the molecule is CC(NC1CC1)c1cncc(F)c1. The van der Waals surface area contributed by atoms with Crippen molar-refractivity contribution in [3.05, 3.63) is 29.8 Å². The zero-order chi connectivity index (χ0) is 9.26. The quantitative estimate of drug-likeness (QED) is 0.769. The molecule has 1 aromatic rings. The first kappa shape index (κ1) is 8.63. The Hall–Kier alpha value is -0.960. The lowest BCUT2D eigenvalue weighted by Gasteiger charge is -2.12. The molecule has 2 nitrogen and oxygen atoms in total. The monoisotopic (exact) mass is 180 g/mol. The molecule has 1 saturated carbocycles. The Labute approximate surface area is 77.2 Å². The van der Waals surface area contributed by atoms with Crippen LogP contribution in [0.3, 0.4) is 0 Å². The van der Waals surface area contributed by atoms with Gasteiger partial charge < -0.3 is 5.32 Å². The van der Waals surface area contributed by atoms with E-state index >= 15 is 0 Å². The average molecular weight is 180 g/mol. The summed E-state index contributed by atoms with van der Waals surface area (Å²) in [6, 6.07) is 2.38. The minimum atomic E-state index is -0.262. The van der Waals surface area contributed by atoms with Gasteiger partial charge in [-0.1, -0.05) is 0 Å². The van der Waals surface area contributed by atoms with E-state index in [1.165, 1.54) is 25.1 Å². The molecule has 3 heteroatoms. The first-order chi connectivity index (χ1) is 6.25. The lowest BCUT2D eigenvalue weighted by Crippen LogP contribution is -2.20. The normalized spacial score (nSPS) is 18.6. The second kappa shape index (κ2) is 3.42. The summed E-state index contributed by atoms with van der Waals surface area (Å²) in [6.45, 7) is 2.04. The molecule has 2 rings (SSSR count). The molecular weight excluding hydrogens is 167 g/mol. The molecule has 1 fully saturated rings. The third-order valence-electron chi connectivity index (χ3n) is 2.29. The van der Waals surface area contributed by atoms with Gasteiger partial charge in [-0.25, -0.2) is 4.39 Å². The highest BCUT2D eigenvalue weighted by molar-refractivity contribution is 5.14. The molecule has 0 bridgehead atoms. The van der Waals surface area contributed by atoms with Crippen LogP contribution in [-0.4, -0.2) is 11.0 Å². The summed E-state index contributed by atoms with van der Waals surface area (Å²) in [7, 11) is 0. The highest BCUT2D eigenvalue weighted by Gasteiger charge is 2.23. The number of halogens is 1. The molecule has 0 aromatic carbocycles. The highest BCUT2D eigenvalue weighted by Crippen LogP contribution is 2.23. The Morgan fingerprint density at radius 1 is 1.54 bits per heavy atom. The molecule has 0 spiro atoms. The molecule has 1 unspecified atom stereocenters. The Morgan fingerprint density at radius 2 is 2.31 bits per heavy atom. The van der Waals surface area contributed by atoms with Crippen LogP contribution in [0.1, 0.15) is 31.4 Å². The van der Waals surface area contributed by atoms with E-state index in [4.69, 9.17) is 0 Å². The number of pyridine rings is 1. The number of rotatable bonds is 3. The molecule has 0 aliphatic heterocycles. The zero-order valence-electron chi connectivity index (χ0n) is 7.63. The van der Waals surface area contributed by atoms with Gasteiger partial charge in [-0.3, -0.25) is 4.98 Å². The molecular formula is C10H13FN2. The number of hydrogen-bond donors (Lipinski definition) is 1. The van der Waals surface area contributed by atoms with Gasteiger partial charge in [-0.2, -0.15) is 0 Å². The van der Waals surface area contributed by atoms with E-state index < -0.39 is 0 Å². The molecule has 1 aliphatic rings. The van der Waals surface area contributed by atoms with E-state index in [1.54, 1.807) is 6.20 Å². The van der Waals surface area contributed by atoms with Crippen LogP contribution >= 0.6 is 0 Å². The molecule has 1 aromatic heterocycles. The maximum atomic E-state index is 12.8. The van der Waals surface area contributed by atoms with Crippen molar-refractivity contribution >= 4 is 0 Å². The fourth-order valence-corrected chi connectivity index (χ4v) is 1.36. The van der Waals surface area contributed by atoms with Crippen LogP contribution in [0.15, 0.2) is 18.5 Å². The Morgan fingerprint density at radius 3 is 2.92 bits per heavy atom. The van der Waals surface area contributed by atoms with Crippen molar-refractivity contribution < 1.29 is 4.39 Å². The molecule has 0 amide bonds. The Balaban J connectivity index is 2.04. The second-order valence-electron chi connectivity index (χ2n) is 3.60. The maximum absolute atomic E-state index is 12.8. The van der Waals surface area contributed by atoms with Gasteiger partial charge in [-0.05, 0) is 31.4 Å². The standard InChI is InChI=1S/C10H13FN2/c1-7(13-10-2-3-10)8-4-9(11)6-12-5-8/h4-7,10,13H,2-3H2,1H3. The topological polar surface area (TPSA) is 24.9 Å². The number of hydrogen-bond acceptors (Lipinski definition) is 2. The molecule has 13 heavy (non-hydrogen) atoms. The molecule has 0 saturated heterocycles. The third kappa shape index (κ3) is 2.25. The van der Waals surface area contributed by atoms with Gasteiger partial charge in [-0.15, -0.1) is 0 Å².